The number of benzene rings is 1. The number of hydrogen-bond acceptors (Lipinski definition) is 1. The van der Waals surface area contributed by atoms with Gasteiger partial charge in [0, 0.05) is 16.4 Å². The Morgan fingerprint density at radius 1 is 1.09 bits per heavy atom. The standard InChI is InChI=1S/C19H24ClNS/c1-11(18(21)22)19(14-2-4-17(20)5-3-14)15-7-12-6-13(9-15)10-16(19)8-12/h2-5,11-13,15-16H,6-10H2,1H3,(H2,21,22). The molecule has 1 aromatic rings. The van der Waals surface area contributed by atoms with E-state index >= 15 is 0 Å². The smallest absolute Gasteiger partial charge is 0.0765 e. The van der Waals surface area contributed by atoms with Crippen molar-refractivity contribution >= 4 is 28.8 Å². The minimum atomic E-state index is 0.143. The van der Waals surface area contributed by atoms with Crippen molar-refractivity contribution in [3.05, 3.63) is 34.9 Å². The highest BCUT2D eigenvalue weighted by Crippen LogP contribution is 2.65. The van der Waals surface area contributed by atoms with E-state index in [9.17, 15) is 0 Å². The van der Waals surface area contributed by atoms with E-state index in [4.69, 9.17) is 29.6 Å². The molecule has 4 bridgehead atoms. The van der Waals surface area contributed by atoms with Gasteiger partial charge in [0.2, 0.25) is 0 Å². The van der Waals surface area contributed by atoms with Gasteiger partial charge in [0.1, 0.15) is 0 Å². The molecule has 5 rings (SSSR count). The molecule has 4 fully saturated rings. The van der Waals surface area contributed by atoms with Crippen LogP contribution < -0.4 is 5.73 Å². The highest BCUT2D eigenvalue weighted by Gasteiger charge is 2.60. The van der Waals surface area contributed by atoms with Crippen LogP contribution in [0.3, 0.4) is 0 Å². The zero-order valence-corrected chi connectivity index (χ0v) is 14.7. The van der Waals surface area contributed by atoms with Crippen molar-refractivity contribution in [2.75, 3.05) is 0 Å². The van der Waals surface area contributed by atoms with Crippen LogP contribution in [0.15, 0.2) is 24.3 Å². The molecular weight excluding hydrogens is 310 g/mol. The zero-order chi connectivity index (χ0) is 15.5. The van der Waals surface area contributed by atoms with Crippen molar-refractivity contribution in [3.8, 4) is 0 Å². The van der Waals surface area contributed by atoms with Crippen molar-refractivity contribution in [1.29, 1.82) is 0 Å². The summed E-state index contributed by atoms with van der Waals surface area (Å²) >= 11 is 11.6. The van der Waals surface area contributed by atoms with Gasteiger partial charge < -0.3 is 5.73 Å². The summed E-state index contributed by atoms with van der Waals surface area (Å²) in [6.45, 7) is 2.26. The second-order valence-electron chi connectivity index (χ2n) is 7.87. The fraction of sp³-hybridized carbons (Fsp3) is 0.632. The Kier molecular flexibility index (Phi) is 3.54. The van der Waals surface area contributed by atoms with E-state index in [2.05, 4.69) is 19.1 Å². The molecule has 3 heteroatoms. The summed E-state index contributed by atoms with van der Waals surface area (Å²) in [4.78, 5) is 0.683. The Balaban J connectivity index is 1.86. The molecule has 1 unspecified atom stereocenters. The third-order valence-electron chi connectivity index (χ3n) is 6.98. The first-order chi connectivity index (χ1) is 10.5. The molecule has 0 radical (unpaired) electrons. The number of thiocarbonyl (C=S) groups is 1. The molecule has 0 aliphatic heterocycles. The van der Waals surface area contributed by atoms with E-state index in [1.54, 1.807) is 0 Å². The third kappa shape index (κ3) is 1.99. The highest BCUT2D eigenvalue weighted by molar-refractivity contribution is 7.80. The lowest BCUT2D eigenvalue weighted by atomic mass is 9.41. The van der Waals surface area contributed by atoms with Gasteiger partial charge in [-0.1, -0.05) is 42.9 Å². The van der Waals surface area contributed by atoms with E-state index in [1.165, 1.54) is 37.7 Å². The summed E-state index contributed by atoms with van der Waals surface area (Å²) in [5.41, 5.74) is 7.74. The predicted octanol–water partition coefficient (Wildman–Crippen LogP) is 4.96. The lowest BCUT2D eigenvalue weighted by Gasteiger charge is -2.63. The Labute approximate surface area is 143 Å². The van der Waals surface area contributed by atoms with Gasteiger partial charge in [-0.2, -0.15) is 0 Å². The third-order valence-corrected chi connectivity index (χ3v) is 7.58. The maximum atomic E-state index is 6.17. The molecule has 4 aliphatic carbocycles. The van der Waals surface area contributed by atoms with Crippen LogP contribution in [0.4, 0.5) is 0 Å². The molecule has 1 nitrogen and oxygen atoms in total. The molecule has 0 aromatic heterocycles. The molecule has 4 aliphatic rings. The second-order valence-corrected chi connectivity index (χ2v) is 8.78. The first-order valence-electron chi connectivity index (χ1n) is 8.57. The number of rotatable bonds is 3. The van der Waals surface area contributed by atoms with Crippen LogP contribution in [0.2, 0.25) is 5.02 Å². The van der Waals surface area contributed by atoms with Gasteiger partial charge in [-0.05, 0) is 73.5 Å². The van der Waals surface area contributed by atoms with Gasteiger partial charge in [0.25, 0.3) is 0 Å². The fourth-order valence-electron chi connectivity index (χ4n) is 6.37. The molecular formula is C19H24ClNS. The van der Waals surface area contributed by atoms with Crippen molar-refractivity contribution in [1.82, 2.24) is 0 Å². The fourth-order valence-corrected chi connectivity index (χ4v) is 6.69. The maximum absolute atomic E-state index is 6.17. The van der Waals surface area contributed by atoms with Crippen LogP contribution in [-0.2, 0) is 5.41 Å². The van der Waals surface area contributed by atoms with Crippen LogP contribution in [0.5, 0.6) is 0 Å². The lowest BCUT2D eigenvalue weighted by Crippen LogP contribution is -2.60. The normalized spacial score (nSPS) is 40.6. The van der Waals surface area contributed by atoms with Crippen molar-refractivity contribution in [2.45, 2.75) is 44.4 Å². The van der Waals surface area contributed by atoms with Crippen LogP contribution in [0.1, 0.15) is 44.6 Å². The van der Waals surface area contributed by atoms with Gasteiger partial charge in [0.05, 0.1) is 4.99 Å². The average molecular weight is 334 g/mol. The van der Waals surface area contributed by atoms with Gasteiger partial charge in [-0.3, -0.25) is 0 Å². The number of nitrogens with two attached hydrogens (primary N) is 1. The second kappa shape index (κ2) is 5.21. The summed E-state index contributed by atoms with van der Waals surface area (Å²) in [6, 6.07) is 8.55. The first kappa shape index (κ1) is 15.0. The monoisotopic (exact) mass is 333 g/mol. The van der Waals surface area contributed by atoms with Crippen molar-refractivity contribution in [2.24, 2.45) is 35.3 Å². The average Bonchev–Trinajstić information content (AvgIpc) is 2.48. The summed E-state index contributed by atoms with van der Waals surface area (Å²) in [6.07, 6.45) is 6.92. The van der Waals surface area contributed by atoms with Crippen LogP contribution in [0, 0.1) is 29.6 Å². The Bertz CT molecular complexity index is 566. The Morgan fingerprint density at radius 2 is 1.59 bits per heavy atom. The molecule has 0 heterocycles. The van der Waals surface area contributed by atoms with E-state index < -0.39 is 0 Å². The Morgan fingerprint density at radius 3 is 2.05 bits per heavy atom. The number of halogens is 1. The lowest BCUT2D eigenvalue weighted by molar-refractivity contribution is -0.0740. The molecule has 0 saturated heterocycles. The molecule has 0 amide bonds. The molecule has 4 saturated carbocycles. The highest BCUT2D eigenvalue weighted by atomic mass is 35.5. The van der Waals surface area contributed by atoms with Gasteiger partial charge in [0.15, 0.2) is 0 Å². The minimum Gasteiger partial charge on any atom is -0.393 e. The molecule has 2 N–H and O–H groups in total. The van der Waals surface area contributed by atoms with E-state index in [0.717, 1.165) is 28.7 Å². The summed E-state index contributed by atoms with van der Waals surface area (Å²) < 4.78 is 0. The van der Waals surface area contributed by atoms with Gasteiger partial charge in [-0.15, -0.1) is 0 Å². The summed E-state index contributed by atoms with van der Waals surface area (Å²) in [5.74, 6) is 3.63. The van der Waals surface area contributed by atoms with Crippen molar-refractivity contribution in [3.63, 3.8) is 0 Å². The van der Waals surface area contributed by atoms with E-state index in [0.29, 0.717) is 4.99 Å². The molecule has 0 spiro atoms. The zero-order valence-electron chi connectivity index (χ0n) is 13.1. The quantitative estimate of drug-likeness (QED) is 0.791. The van der Waals surface area contributed by atoms with Crippen molar-refractivity contribution < 1.29 is 0 Å². The molecule has 1 aromatic carbocycles. The van der Waals surface area contributed by atoms with E-state index in [-0.39, 0.29) is 11.3 Å². The topological polar surface area (TPSA) is 26.0 Å². The first-order valence-corrected chi connectivity index (χ1v) is 9.35. The largest absolute Gasteiger partial charge is 0.393 e. The molecule has 1 atom stereocenters. The molecule has 22 heavy (non-hydrogen) atoms. The molecule has 118 valence electrons. The van der Waals surface area contributed by atoms with Gasteiger partial charge >= 0.3 is 0 Å². The number of hydrogen-bond donors (Lipinski definition) is 1. The summed E-state index contributed by atoms with van der Waals surface area (Å²) in [7, 11) is 0. The van der Waals surface area contributed by atoms with Crippen LogP contribution in [-0.4, -0.2) is 4.99 Å². The van der Waals surface area contributed by atoms with Crippen LogP contribution in [0.25, 0.3) is 0 Å². The minimum absolute atomic E-state index is 0.143. The SMILES string of the molecule is CC(C(N)=S)C1(c2ccc(Cl)cc2)C2CC3CC(C2)CC1C3. The van der Waals surface area contributed by atoms with Crippen LogP contribution >= 0.6 is 23.8 Å². The Hall–Kier alpha value is -0.600. The van der Waals surface area contributed by atoms with E-state index in [1.807, 2.05) is 12.1 Å². The maximum Gasteiger partial charge on any atom is 0.0765 e. The summed E-state index contributed by atoms with van der Waals surface area (Å²) in [5, 5.41) is 0.811. The van der Waals surface area contributed by atoms with Gasteiger partial charge in [-0.25, -0.2) is 0 Å². The predicted molar refractivity (Wildman–Crippen MR) is 96.1 cm³/mol.